The van der Waals surface area contributed by atoms with Crippen molar-refractivity contribution >= 4 is 21.5 Å². The van der Waals surface area contributed by atoms with E-state index >= 15 is 0 Å². The molecule has 0 aliphatic carbocycles. The summed E-state index contributed by atoms with van der Waals surface area (Å²) in [7, 11) is -1.98. The predicted molar refractivity (Wildman–Crippen MR) is 132 cm³/mol. The van der Waals surface area contributed by atoms with Crippen LogP contribution in [0.25, 0.3) is 0 Å². The minimum Gasteiger partial charge on any atom is -0.493 e. The second-order valence-electron chi connectivity index (χ2n) is 8.57. The molecule has 2 aliphatic heterocycles. The number of amidine groups is 1. The van der Waals surface area contributed by atoms with Gasteiger partial charge in [0.2, 0.25) is 10.0 Å². The van der Waals surface area contributed by atoms with Gasteiger partial charge in [-0.15, -0.1) is 0 Å². The summed E-state index contributed by atoms with van der Waals surface area (Å²) in [5.41, 5.74) is 2.46. The van der Waals surface area contributed by atoms with Gasteiger partial charge in [0.15, 0.2) is 17.2 Å². The average Bonchev–Trinajstić information content (AvgIpc) is 3.00. The maximum atomic E-state index is 13.4. The van der Waals surface area contributed by atoms with E-state index in [9.17, 15) is 8.42 Å². The third-order valence-electron chi connectivity index (χ3n) is 6.21. The smallest absolute Gasteiger partial charge is 0.243 e. The van der Waals surface area contributed by atoms with Crippen molar-refractivity contribution in [3.05, 3.63) is 77.9 Å². The van der Waals surface area contributed by atoms with Crippen LogP contribution in [0.1, 0.15) is 18.1 Å². The van der Waals surface area contributed by atoms with Crippen LogP contribution < -0.4 is 9.47 Å². The highest BCUT2D eigenvalue weighted by atomic mass is 32.2. The van der Waals surface area contributed by atoms with Crippen LogP contribution in [0, 0.1) is 6.92 Å². The van der Waals surface area contributed by atoms with Crippen LogP contribution in [0.5, 0.6) is 17.2 Å². The summed E-state index contributed by atoms with van der Waals surface area (Å²) >= 11 is 0. The first kappa shape index (κ1) is 22.4. The zero-order valence-electron chi connectivity index (χ0n) is 19.4. The number of fused-ring (bicyclic) bond motifs is 2. The Labute approximate surface area is 200 Å². The zero-order chi connectivity index (χ0) is 23.9. The van der Waals surface area contributed by atoms with E-state index in [1.807, 2.05) is 62.4 Å². The summed E-state index contributed by atoms with van der Waals surface area (Å²) < 4.78 is 40.2. The molecule has 0 N–H and O–H groups in total. The van der Waals surface area contributed by atoms with Crippen molar-refractivity contribution in [1.82, 2.24) is 9.21 Å². The molecular formula is C26H27N3O4S. The van der Waals surface area contributed by atoms with Gasteiger partial charge in [0.1, 0.15) is 11.5 Å². The van der Waals surface area contributed by atoms with Crippen LogP contribution >= 0.6 is 0 Å². The van der Waals surface area contributed by atoms with Crippen molar-refractivity contribution in [3.8, 4) is 17.2 Å². The van der Waals surface area contributed by atoms with Gasteiger partial charge in [-0.3, -0.25) is 0 Å². The molecule has 7 nitrogen and oxygen atoms in total. The number of hydrogen-bond donors (Lipinski definition) is 0. The number of hydrogen-bond acceptors (Lipinski definition) is 6. The average molecular weight is 478 g/mol. The molecular weight excluding hydrogens is 450 g/mol. The van der Waals surface area contributed by atoms with E-state index in [1.165, 1.54) is 0 Å². The van der Waals surface area contributed by atoms with Crippen LogP contribution in [-0.2, 0) is 10.0 Å². The Morgan fingerprint density at radius 3 is 2.59 bits per heavy atom. The van der Waals surface area contributed by atoms with E-state index in [4.69, 9.17) is 14.5 Å². The van der Waals surface area contributed by atoms with E-state index in [0.717, 1.165) is 22.6 Å². The van der Waals surface area contributed by atoms with Crippen molar-refractivity contribution in [3.63, 3.8) is 0 Å². The minimum atomic E-state index is -3.59. The lowest BCUT2D eigenvalue weighted by molar-refractivity contribution is 0.205. The van der Waals surface area contributed by atoms with E-state index in [1.54, 1.807) is 29.6 Å². The van der Waals surface area contributed by atoms with Crippen molar-refractivity contribution in [1.29, 1.82) is 0 Å². The number of aryl methyl sites for hydroxylation is 1. The lowest BCUT2D eigenvalue weighted by atomic mass is 10.1. The highest BCUT2D eigenvalue weighted by molar-refractivity contribution is 7.89. The van der Waals surface area contributed by atoms with Crippen molar-refractivity contribution in [2.45, 2.75) is 24.8 Å². The van der Waals surface area contributed by atoms with Crippen molar-refractivity contribution < 1.29 is 17.9 Å². The maximum absolute atomic E-state index is 13.4. The highest BCUT2D eigenvalue weighted by Crippen LogP contribution is 2.43. The molecule has 0 spiro atoms. The highest BCUT2D eigenvalue weighted by Gasteiger charge is 2.36. The molecule has 2 heterocycles. The first-order chi connectivity index (χ1) is 16.4. The molecule has 2 aliphatic rings. The Kier molecular flexibility index (Phi) is 5.79. The van der Waals surface area contributed by atoms with Crippen molar-refractivity contribution in [2.24, 2.45) is 4.99 Å². The Hall–Kier alpha value is -3.36. The van der Waals surface area contributed by atoms with Crippen LogP contribution in [0.15, 0.2) is 76.6 Å². The quantitative estimate of drug-likeness (QED) is 0.552. The first-order valence-electron chi connectivity index (χ1n) is 11.2. The van der Waals surface area contributed by atoms with Gasteiger partial charge in [0.05, 0.1) is 17.6 Å². The van der Waals surface area contributed by atoms with Crippen LogP contribution in [0.2, 0.25) is 0 Å². The zero-order valence-corrected chi connectivity index (χ0v) is 20.2. The van der Waals surface area contributed by atoms with E-state index in [0.29, 0.717) is 41.8 Å². The molecule has 0 radical (unpaired) electrons. The molecule has 1 saturated heterocycles. The van der Waals surface area contributed by atoms with Gasteiger partial charge >= 0.3 is 0 Å². The Morgan fingerprint density at radius 1 is 1.03 bits per heavy atom. The number of ether oxygens (including phenoxy) is 2. The second-order valence-corrected chi connectivity index (χ2v) is 10.5. The number of rotatable bonds is 3. The maximum Gasteiger partial charge on any atom is 0.243 e. The lowest BCUT2D eigenvalue weighted by Gasteiger charge is -2.40. The summed E-state index contributed by atoms with van der Waals surface area (Å²) in [6.45, 7) is 5.21. The summed E-state index contributed by atoms with van der Waals surface area (Å²) in [5.74, 6) is 2.63. The SMILES string of the molecule is COc1cccc2c1Oc1ccccc1N=C2N1CCN(S(=O)(=O)c2cccc(C)c2)C(C)C1. The fraction of sp³-hybridized carbons (Fsp3) is 0.269. The molecule has 0 saturated carbocycles. The topological polar surface area (TPSA) is 71.4 Å². The van der Waals surface area contributed by atoms with Crippen LogP contribution in [0.3, 0.4) is 0 Å². The molecule has 0 aromatic heterocycles. The first-order valence-corrected chi connectivity index (χ1v) is 12.7. The second kappa shape index (κ2) is 8.77. The third kappa shape index (κ3) is 3.93. The molecule has 3 aromatic rings. The van der Waals surface area contributed by atoms with Crippen LogP contribution in [0.4, 0.5) is 5.69 Å². The van der Waals surface area contributed by atoms with E-state index < -0.39 is 10.0 Å². The summed E-state index contributed by atoms with van der Waals surface area (Å²) in [6, 6.07) is 20.2. The lowest BCUT2D eigenvalue weighted by Crippen LogP contribution is -2.55. The number of nitrogens with zero attached hydrogens (tertiary/aromatic N) is 3. The predicted octanol–water partition coefficient (Wildman–Crippen LogP) is 4.58. The summed E-state index contributed by atoms with van der Waals surface area (Å²) in [6.07, 6.45) is 0. The number of piperazine rings is 1. The van der Waals surface area contributed by atoms with Crippen LogP contribution in [-0.4, -0.2) is 56.2 Å². The molecule has 176 valence electrons. The molecule has 3 aromatic carbocycles. The third-order valence-corrected chi connectivity index (χ3v) is 8.22. The molecule has 34 heavy (non-hydrogen) atoms. The molecule has 8 heteroatoms. The number of benzene rings is 3. The number of methoxy groups -OCH3 is 1. The molecule has 0 amide bonds. The molecule has 0 bridgehead atoms. The number of para-hydroxylation sites is 3. The van der Waals surface area contributed by atoms with Gasteiger partial charge in [-0.2, -0.15) is 4.31 Å². The summed E-state index contributed by atoms with van der Waals surface area (Å²) in [4.78, 5) is 7.43. The van der Waals surface area contributed by atoms with Crippen molar-refractivity contribution in [2.75, 3.05) is 26.7 Å². The van der Waals surface area contributed by atoms with Gasteiger partial charge in [-0.25, -0.2) is 13.4 Å². The largest absolute Gasteiger partial charge is 0.493 e. The molecule has 1 unspecified atom stereocenters. The minimum absolute atomic E-state index is 0.240. The van der Waals surface area contributed by atoms with E-state index in [2.05, 4.69) is 4.90 Å². The Bertz CT molecular complexity index is 1370. The van der Waals surface area contributed by atoms with Gasteiger partial charge in [0, 0.05) is 25.7 Å². The Balaban J connectivity index is 1.50. The molecule has 1 fully saturated rings. The van der Waals surface area contributed by atoms with Gasteiger partial charge in [-0.1, -0.05) is 30.3 Å². The standard InChI is InChI=1S/C26H27N3O4S/c1-18-8-6-9-20(16-18)34(30,31)29-15-14-28(17-19(29)2)26-21-10-7-13-24(32-3)25(21)33-23-12-5-4-11-22(23)27-26/h4-13,16,19H,14-15,17H2,1-3H3. The molecule has 5 rings (SSSR count). The summed E-state index contributed by atoms with van der Waals surface area (Å²) in [5, 5.41) is 0. The monoisotopic (exact) mass is 477 g/mol. The van der Waals surface area contributed by atoms with Gasteiger partial charge in [-0.05, 0) is 55.8 Å². The fourth-order valence-electron chi connectivity index (χ4n) is 4.52. The molecule has 1 atom stereocenters. The number of aliphatic imine (C=N–C) groups is 1. The van der Waals surface area contributed by atoms with E-state index in [-0.39, 0.29) is 6.04 Å². The normalized spacial score (nSPS) is 18.3. The Morgan fingerprint density at radius 2 is 1.82 bits per heavy atom. The van der Waals surface area contributed by atoms with Gasteiger partial charge in [0.25, 0.3) is 0 Å². The number of sulfonamides is 1. The van der Waals surface area contributed by atoms with Gasteiger partial charge < -0.3 is 14.4 Å². The fourth-order valence-corrected chi connectivity index (χ4v) is 6.24.